The SMILES string of the molecule is C=CCC1CCC(OBOCCc2ccccc2)CC1. The molecule has 1 aliphatic carbocycles. The average Bonchev–Trinajstić information content (AvgIpc) is 2.50. The molecule has 0 radical (unpaired) electrons. The van der Waals surface area contributed by atoms with Gasteiger partial charge in [-0.1, -0.05) is 36.4 Å². The van der Waals surface area contributed by atoms with Crippen LogP contribution >= 0.6 is 0 Å². The van der Waals surface area contributed by atoms with Crippen LogP contribution in [0, 0.1) is 5.92 Å². The van der Waals surface area contributed by atoms with E-state index in [0.29, 0.717) is 13.8 Å². The quantitative estimate of drug-likeness (QED) is 0.408. The second-order valence-electron chi connectivity index (χ2n) is 5.60. The molecule has 0 aromatic heterocycles. The molecule has 2 rings (SSSR count). The molecule has 2 nitrogen and oxygen atoms in total. The van der Waals surface area contributed by atoms with Crippen LogP contribution < -0.4 is 0 Å². The highest BCUT2D eigenvalue weighted by atomic mass is 16.6. The first kappa shape index (κ1) is 15.3. The van der Waals surface area contributed by atoms with Crippen molar-refractivity contribution in [1.29, 1.82) is 0 Å². The maximum atomic E-state index is 5.80. The van der Waals surface area contributed by atoms with Crippen LogP contribution in [-0.2, 0) is 15.7 Å². The van der Waals surface area contributed by atoms with Gasteiger partial charge in [-0.05, 0) is 50.0 Å². The minimum absolute atomic E-state index is 0.396. The molecule has 0 bridgehead atoms. The first-order valence-corrected chi connectivity index (χ1v) is 7.72. The number of benzene rings is 1. The van der Waals surface area contributed by atoms with Crippen LogP contribution in [0.25, 0.3) is 0 Å². The normalized spacial score (nSPS) is 22.4. The summed E-state index contributed by atoms with van der Waals surface area (Å²) >= 11 is 0. The van der Waals surface area contributed by atoms with Gasteiger partial charge in [0.25, 0.3) is 0 Å². The van der Waals surface area contributed by atoms with Crippen LogP contribution in [0.4, 0.5) is 0 Å². The van der Waals surface area contributed by atoms with Crippen molar-refractivity contribution in [3.63, 3.8) is 0 Å². The Balaban J connectivity index is 1.51. The Morgan fingerprint density at radius 2 is 1.90 bits per heavy atom. The minimum atomic E-state index is 0.396. The fraction of sp³-hybridized carbons (Fsp3) is 0.529. The van der Waals surface area contributed by atoms with Crippen LogP contribution in [0.15, 0.2) is 43.0 Å². The van der Waals surface area contributed by atoms with Gasteiger partial charge in [0.1, 0.15) is 0 Å². The van der Waals surface area contributed by atoms with Crippen molar-refractivity contribution in [3.05, 3.63) is 48.6 Å². The molecular weight excluding hydrogens is 247 g/mol. The van der Waals surface area contributed by atoms with Crippen LogP contribution in [0.2, 0.25) is 0 Å². The van der Waals surface area contributed by atoms with Crippen molar-refractivity contribution in [2.75, 3.05) is 6.61 Å². The lowest BCUT2D eigenvalue weighted by molar-refractivity contribution is 0.106. The van der Waals surface area contributed by atoms with E-state index in [-0.39, 0.29) is 0 Å². The smallest absolute Gasteiger partial charge is 0.414 e. The zero-order valence-electron chi connectivity index (χ0n) is 12.3. The third-order valence-electron chi connectivity index (χ3n) is 4.06. The van der Waals surface area contributed by atoms with Crippen LogP contribution in [0.5, 0.6) is 0 Å². The molecule has 0 N–H and O–H groups in total. The van der Waals surface area contributed by atoms with E-state index in [9.17, 15) is 0 Å². The zero-order valence-corrected chi connectivity index (χ0v) is 12.3. The van der Waals surface area contributed by atoms with Gasteiger partial charge >= 0.3 is 7.69 Å². The first-order chi connectivity index (χ1) is 9.88. The van der Waals surface area contributed by atoms with E-state index >= 15 is 0 Å². The second-order valence-corrected chi connectivity index (χ2v) is 5.60. The predicted molar refractivity (Wildman–Crippen MR) is 84.9 cm³/mol. The summed E-state index contributed by atoms with van der Waals surface area (Å²) in [7, 11) is 0.434. The number of hydrogen-bond acceptors (Lipinski definition) is 2. The molecule has 0 atom stereocenters. The van der Waals surface area contributed by atoms with Gasteiger partial charge in [-0.2, -0.15) is 0 Å². The summed E-state index contributed by atoms with van der Waals surface area (Å²) in [5, 5.41) is 0. The van der Waals surface area contributed by atoms with Crippen LogP contribution in [0.1, 0.15) is 37.7 Å². The Bertz CT molecular complexity index is 372. The molecule has 0 unspecified atom stereocenters. The molecule has 0 saturated heterocycles. The van der Waals surface area contributed by atoms with Gasteiger partial charge in [0, 0.05) is 12.7 Å². The molecule has 1 fully saturated rings. The molecule has 1 saturated carbocycles. The molecule has 108 valence electrons. The summed E-state index contributed by atoms with van der Waals surface area (Å²) in [4.78, 5) is 0. The fourth-order valence-corrected chi connectivity index (χ4v) is 2.81. The van der Waals surface area contributed by atoms with Crippen LogP contribution in [-0.4, -0.2) is 20.4 Å². The van der Waals surface area contributed by atoms with Gasteiger partial charge in [0.15, 0.2) is 0 Å². The fourth-order valence-electron chi connectivity index (χ4n) is 2.81. The van der Waals surface area contributed by atoms with Crippen LogP contribution in [0.3, 0.4) is 0 Å². The van der Waals surface area contributed by atoms with Crippen molar-refractivity contribution in [1.82, 2.24) is 0 Å². The lowest BCUT2D eigenvalue weighted by atomic mass is 9.85. The molecule has 1 aromatic carbocycles. The van der Waals surface area contributed by atoms with E-state index < -0.39 is 0 Å². The average molecular weight is 272 g/mol. The van der Waals surface area contributed by atoms with Gasteiger partial charge in [-0.3, -0.25) is 0 Å². The summed E-state index contributed by atoms with van der Waals surface area (Å²) in [5.41, 5.74) is 1.32. The zero-order chi connectivity index (χ0) is 14.0. The molecule has 1 aliphatic rings. The lowest BCUT2D eigenvalue weighted by Crippen LogP contribution is -2.24. The second kappa shape index (κ2) is 8.99. The summed E-state index contributed by atoms with van der Waals surface area (Å²) in [6, 6.07) is 10.4. The van der Waals surface area contributed by atoms with E-state index in [1.165, 1.54) is 31.2 Å². The Morgan fingerprint density at radius 1 is 1.15 bits per heavy atom. The number of hydrogen-bond donors (Lipinski definition) is 0. The minimum Gasteiger partial charge on any atom is -0.414 e. The van der Waals surface area contributed by atoms with Crippen molar-refractivity contribution in [3.8, 4) is 0 Å². The van der Waals surface area contributed by atoms with Crippen molar-refractivity contribution >= 4 is 7.69 Å². The van der Waals surface area contributed by atoms with Crippen molar-refractivity contribution in [2.45, 2.75) is 44.6 Å². The molecule has 1 aromatic rings. The van der Waals surface area contributed by atoms with Crippen molar-refractivity contribution in [2.24, 2.45) is 5.92 Å². The standard InChI is InChI=1S/C17H25BO2/c1-2-6-15-9-11-17(12-10-15)20-18-19-14-13-16-7-4-3-5-8-16/h2-5,7-8,15,17-18H,1,6,9-14H2. The molecule has 0 heterocycles. The lowest BCUT2D eigenvalue weighted by Gasteiger charge is -2.27. The third kappa shape index (κ3) is 5.52. The molecule has 0 spiro atoms. The number of rotatable bonds is 8. The Labute approximate surface area is 123 Å². The highest BCUT2D eigenvalue weighted by Gasteiger charge is 2.20. The summed E-state index contributed by atoms with van der Waals surface area (Å²) in [5.74, 6) is 0.825. The monoisotopic (exact) mass is 272 g/mol. The van der Waals surface area contributed by atoms with Gasteiger partial charge in [0.05, 0.1) is 0 Å². The van der Waals surface area contributed by atoms with Crippen molar-refractivity contribution < 1.29 is 9.31 Å². The number of allylic oxidation sites excluding steroid dienone is 1. The molecular formula is C17H25BO2. The summed E-state index contributed by atoms with van der Waals surface area (Å²) < 4.78 is 11.4. The summed E-state index contributed by atoms with van der Waals surface area (Å²) in [6.45, 7) is 4.55. The molecule has 3 heteroatoms. The van der Waals surface area contributed by atoms with E-state index in [0.717, 1.165) is 25.4 Å². The Kier molecular flexibility index (Phi) is 6.89. The molecule has 0 amide bonds. The van der Waals surface area contributed by atoms with Gasteiger partial charge < -0.3 is 9.31 Å². The molecule has 20 heavy (non-hydrogen) atoms. The van der Waals surface area contributed by atoms with E-state index in [2.05, 4.69) is 30.8 Å². The summed E-state index contributed by atoms with van der Waals surface area (Å²) in [6.07, 6.45) is 9.41. The largest absolute Gasteiger partial charge is 0.438 e. The topological polar surface area (TPSA) is 18.5 Å². The molecule has 0 aliphatic heterocycles. The first-order valence-electron chi connectivity index (χ1n) is 7.72. The van der Waals surface area contributed by atoms with E-state index in [1.54, 1.807) is 0 Å². The highest BCUT2D eigenvalue weighted by molar-refractivity contribution is 6.18. The van der Waals surface area contributed by atoms with Gasteiger partial charge in [0.2, 0.25) is 0 Å². The third-order valence-corrected chi connectivity index (χ3v) is 4.06. The van der Waals surface area contributed by atoms with Gasteiger partial charge in [-0.25, -0.2) is 0 Å². The van der Waals surface area contributed by atoms with E-state index in [1.807, 2.05) is 12.1 Å². The van der Waals surface area contributed by atoms with Gasteiger partial charge in [-0.15, -0.1) is 6.58 Å². The Hall–Kier alpha value is -1.06. The predicted octanol–water partition coefficient (Wildman–Crippen LogP) is 3.66. The van der Waals surface area contributed by atoms with E-state index in [4.69, 9.17) is 9.31 Å². The maximum Gasteiger partial charge on any atom is 0.438 e. The Morgan fingerprint density at radius 3 is 2.60 bits per heavy atom. The highest BCUT2D eigenvalue weighted by Crippen LogP contribution is 2.28. The maximum absolute atomic E-state index is 5.80.